The van der Waals surface area contributed by atoms with E-state index < -0.39 is 5.54 Å². The molecule has 6 nitrogen and oxygen atoms in total. The third-order valence-corrected chi connectivity index (χ3v) is 3.06. The Hall–Kier alpha value is -2.08. The summed E-state index contributed by atoms with van der Waals surface area (Å²) in [5.41, 5.74) is -0.330. The molecule has 0 fully saturated rings. The monoisotopic (exact) mass is 295 g/mol. The lowest BCUT2D eigenvalue weighted by atomic mass is 10.0. The number of carbonyl (C=O) groups excluding carboxylic acids is 1. The molecule has 106 valence electrons. The Morgan fingerprint density at radius 3 is 2.75 bits per heavy atom. The van der Waals surface area contributed by atoms with Gasteiger partial charge in [-0.05, 0) is 32.0 Å². The number of aromatic nitrogens is 2. The minimum Gasteiger partial charge on any atom is -0.495 e. The van der Waals surface area contributed by atoms with Crippen LogP contribution < -0.4 is 10.1 Å². The van der Waals surface area contributed by atoms with Crippen LogP contribution in [0.2, 0.25) is 5.02 Å². The van der Waals surface area contributed by atoms with Gasteiger partial charge in [-0.1, -0.05) is 16.8 Å². The number of nitrogens with zero attached hydrogens (tertiary/aromatic N) is 2. The predicted octanol–water partition coefficient (Wildman–Crippen LogP) is 2.40. The summed E-state index contributed by atoms with van der Waals surface area (Å²) in [6.07, 6.45) is 1.22. The average molecular weight is 296 g/mol. The fraction of sp³-hybridized carbons (Fsp3) is 0.308. The summed E-state index contributed by atoms with van der Waals surface area (Å²) in [6.45, 7) is 3.56. The zero-order valence-corrected chi connectivity index (χ0v) is 12.1. The SMILES string of the molecule is COc1ccc(C(=O)NC(C)(C)c2ncon2)cc1Cl. The van der Waals surface area contributed by atoms with Crippen molar-refractivity contribution in [3.05, 3.63) is 41.0 Å². The van der Waals surface area contributed by atoms with Crippen molar-refractivity contribution < 1.29 is 14.1 Å². The van der Waals surface area contributed by atoms with Gasteiger partial charge in [-0.3, -0.25) is 4.79 Å². The number of ether oxygens (including phenoxy) is 1. The number of rotatable bonds is 4. The molecule has 2 rings (SSSR count). The second-order valence-electron chi connectivity index (χ2n) is 4.68. The lowest BCUT2D eigenvalue weighted by Gasteiger charge is -2.22. The van der Waals surface area contributed by atoms with Gasteiger partial charge >= 0.3 is 0 Å². The number of halogens is 1. The summed E-state index contributed by atoms with van der Waals surface area (Å²) >= 11 is 6.00. The van der Waals surface area contributed by atoms with Gasteiger partial charge < -0.3 is 14.6 Å². The van der Waals surface area contributed by atoms with Crippen molar-refractivity contribution in [3.8, 4) is 5.75 Å². The molecule has 2 aromatic rings. The molecule has 20 heavy (non-hydrogen) atoms. The Kier molecular flexibility index (Phi) is 3.94. The lowest BCUT2D eigenvalue weighted by molar-refractivity contribution is 0.0907. The van der Waals surface area contributed by atoms with Crippen molar-refractivity contribution in [2.24, 2.45) is 0 Å². The lowest BCUT2D eigenvalue weighted by Crippen LogP contribution is -2.41. The van der Waals surface area contributed by atoms with E-state index in [-0.39, 0.29) is 5.91 Å². The number of hydrogen-bond donors (Lipinski definition) is 1. The van der Waals surface area contributed by atoms with Gasteiger partial charge in [0.05, 0.1) is 17.7 Å². The van der Waals surface area contributed by atoms with Gasteiger partial charge in [0.1, 0.15) is 5.75 Å². The molecule has 0 aliphatic heterocycles. The van der Waals surface area contributed by atoms with Gasteiger partial charge in [-0.15, -0.1) is 0 Å². The molecule has 1 heterocycles. The highest BCUT2D eigenvalue weighted by Crippen LogP contribution is 2.25. The van der Waals surface area contributed by atoms with Crippen LogP contribution in [0.5, 0.6) is 5.75 Å². The summed E-state index contributed by atoms with van der Waals surface area (Å²) in [6, 6.07) is 4.81. The first kappa shape index (κ1) is 14.3. The van der Waals surface area contributed by atoms with E-state index in [1.807, 2.05) is 0 Å². The quantitative estimate of drug-likeness (QED) is 0.937. The number of methoxy groups -OCH3 is 1. The minimum absolute atomic E-state index is 0.288. The molecule has 0 aliphatic carbocycles. The van der Waals surface area contributed by atoms with Crippen LogP contribution in [-0.2, 0) is 5.54 Å². The molecule has 1 N–H and O–H groups in total. The van der Waals surface area contributed by atoms with Gasteiger partial charge in [0.25, 0.3) is 5.91 Å². The van der Waals surface area contributed by atoms with Crippen LogP contribution in [0.3, 0.4) is 0 Å². The Morgan fingerprint density at radius 2 is 2.20 bits per heavy atom. The highest BCUT2D eigenvalue weighted by Gasteiger charge is 2.28. The number of hydrogen-bond acceptors (Lipinski definition) is 5. The maximum absolute atomic E-state index is 12.2. The Labute approximate surface area is 121 Å². The van der Waals surface area contributed by atoms with Crippen LogP contribution in [0.4, 0.5) is 0 Å². The second-order valence-corrected chi connectivity index (χ2v) is 5.09. The molecule has 0 saturated heterocycles. The first-order chi connectivity index (χ1) is 9.44. The fourth-order valence-electron chi connectivity index (χ4n) is 1.67. The third kappa shape index (κ3) is 2.91. The highest BCUT2D eigenvalue weighted by molar-refractivity contribution is 6.32. The Bertz CT molecular complexity index is 611. The maximum atomic E-state index is 12.2. The van der Waals surface area contributed by atoms with Crippen molar-refractivity contribution in [2.45, 2.75) is 19.4 Å². The fourth-order valence-corrected chi connectivity index (χ4v) is 1.92. The van der Waals surface area contributed by atoms with Crippen LogP contribution in [0, 0.1) is 0 Å². The average Bonchev–Trinajstić information content (AvgIpc) is 2.92. The minimum atomic E-state index is -0.753. The Morgan fingerprint density at radius 1 is 1.45 bits per heavy atom. The molecule has 1 amide bonds. The second kappa shape index (κ2) is 5.50. The molecule has 0 spiro atoms. The molecule has 0 unspecified atom stereocenters. The summed E-state index contributed by atoms with van der Waals surface area (Å²) in [4.78, 5) is 16.2. The standard InChI is InChI=1S/C13H14ClN3O3/c1-13(2,12-15-7-20-17-12)16-11(18)8-4-5-10(19-3)9(14)6-8/h4-7H,1-3H3,(H,16,18). The summed E-state index contributed by atoms with van der Waals surface area (Å²) < 4.78 is 9.73. The van der Waals surface area contributed by atoms with Crippen LogP contribution in [0.25, 0.3) is 0 Å². The topological polar surface area (TPSA) is 77.2 Å². The van der Waals surface area contributed by atoms with E-state index in [4.69, 9.17) is 16.3 Å². The largest absolute Gasteiger partial charge is 0.495 e. The van der Waals surface area contributed by atoms with E-state index in [1.54, 1.807) is 32.0 Å². The van der Waals surface area contributed by atoms with E-state index in [0.717, 1.165) is 0 Å². The van der Waals surface area contributed by atoms with Crippen molar-refractivity contribution >= 4 is 17.5 Å². The van der Waals surface area contributed by atoms with Gasteiger partial charge in [0, 0.05) is 5.56 Å². The summed E-state index contributed by atoms with van der Waals surface area (Å²) in [5, 5.41) is 6.92. The molecule has 0 radical (unpaired) electrons. The molecule has 0 aliphatic rings. The van der Waals surface area contributed by atoms with E-state index in [0.29, 0.717) is 22.2 Å². The number of benzene rings is 1. The normalized spacial score (nSPS) is 11.2. The van der Waals surface area contributed by atoms with E-state index in [1.165, 1.54) is 13.5 Å². The molecule has 0 saturated carbocycles. The highest BCUT2D eigenvalue weighted by atomic mass is 35.5. The number of amides is 1. The van der Waals surface area contributed by atoms with Gasteiger partial charge in [-0.2, -0.15) is 4.98 Å². The Balaban J connectivity index is 2.18. The van der Waals surface area contributed by atoms with Crippen molar-refractivity contribution in [1.82, 2.24) is 15.5 Å². The van der Waals surface area contributed by atoms with E-state index >= 15 is 0 Å². The van der Waals surface area contributed by atoms with Crippen molar-refractivity contribution in [3.63, 3.8) is 0 Å². The molecule has 1 aromatic carbocycles. The smallest absolute Gasteiger partial charge is 0.252 e. The van der Waals surface area contributed by atoms with Crippen molar-refractivity contribution in [2.75, 3.05) is 7.11 Å². The van der Waals surface area contributed by atoms with E-state index in [2.05, 4.69) is 20.0 Å². The van der Waals surface area contributed by atoms with Gasteiger partial charge in [-0.25, -0.2) is 0 Å². The zero-order chi connectivity index (χ0) is 14.8. The number of carbonyl (C=O) groups is 1. The molecular weight excluding hydrogens is 282 g/mol. The van der Waals surface area contributed by atoms with E-state index in [9.17, 15) is 4.79 Å². The predicted molar refractivity (Wildman–Crippen MR) is 72.8 cm³/mol. The summed E-state index contributed by atoms with van der Waals surface area (Å²) in [7, 11) is 1.51. The van der Waals surface area contributed by atoms with Gasteiger partial charge in [0.15, 0.2) is 5.82 Å². The van der Waals surface area contributed by atoms with Crippen LogP contribution in [-0.4, -0.2) is 23.2 Å². The van der Waals surface area contributed by atoms with Crippen LogP contribution >= 0.6 is 11.6 Å². The zero-order valence-electron chi connectivity index (χ0n) is 11.3. The third-order valence-electron chi connectivity index (χ3n) is 2.76. The van der Waals surface area contributed by atoms with Crippen molar-refractivity contribution in [1.29, 1.82) is 0 Å². The van der Waals surface area contributed by atoms with Crippen LogP contribution in [0.1, 0.15) is 30.0 Å². The number of nitrogens with one attached hydrogen (secondary N) is 1. The molecular formula is C13H14ClN3O3. The molecule has 0 bridgehead atoms. The molecule has 0 atom stereocenters. The van der Waals surface area contributed by atoms with Crippen LogP contribution in [0.15, 0.2) is 29.1 Å². The molecule has 1 aromatic heterocycles. The summed E-state index contributed by atoms with van der Waals surface area (Å²) in [5.74, 6) is 0.621. The van der Waals surface area contributed by atoms with Gasteiger partial charge in [0.2, 0.25) is 6.39 Å². The first-order valence-corrected chi connectivity index (χ1v) is 6.25. The molecule has 7 heteroatoms. The maximum Gasteiger partial charge on any atom is 0.252 e. The first-order valence-electron chi connectivity index (χ1n) is 5.87.